The lowest BCUT2D eigenvalue weighted by atomic mass is 9.99. The Balaban J connectivity index is 1.24. The van der Waals surface area contributed by atoms with Crippen LogP contribution in [-0.2, 0) is 24.7 Å². The number of halogens is 12. The first-order valence-electron chi connectivity index (χ1n) is 21.6. The van der Waals surface area contributed by atoms with Gasteiger partial charge in [-0.1, -0.05) is 72.8 Å². The normalized spacial score (nSPS) is 12.7. The van der Waals surface area contributed by atoms with E-state index < -0.39 is 47.0 Å². The highest BCUT2D eigenvalue weighted by molar-refractivity contribution is 6.12. The third-order valence-electron chi connectivity index (χ3n) is 12.4. The van der Waals surface area contributed by atoms with E-state index in [0.29, 0.717) is 16.7 Å². The molecule has 6 nitrogen and oxygen atoms in total. The van der Waals surface area contributed by atoms with Gasteiger partial charge < -0.3 is 9.13 Å². The average molecular weight is 989 g/mol. The second-order valence-corrected chi connectivity index (χ2v) is 16.8. The summed E-state index contributed by atoms with van der Waals surface area (Å²) in [5, 5.41) is -0.701. The van der Waals surface area contributed by atoms with Crippen molar-refractivity contribution < 1.29 is 52.7 Å². The molecule has 0 bridgehead atoms. The molecule has 0 aliphatic carbocycles. The molecule has 0 N–H and O–H groups in total. The topological polar surface area (TPSA) is 61.4 Å². The quantitative estimate of drug-likeness (QED) is 0.156. The number of benzene rings is 7. The smallest absolute Gasteiger partial charge is 0.309 e. The third kappa shape index (κ3) is 8.01. The molecule has 0 fully saturated rings. The summed E-state index contributed by atoms with van der Waals surface area (Å²) in [5.74, 6) is 0.658. The summed E-state index contributed by atoms with van der Waals surface area (Å²) in [6, 6.07) is 35.1. The van der Waals surface area contributed by atoms with Crippen molar-refractivity contribution in [3.63, 3.8) is 0 Å². The van der Waals surface area contributed by atoms with E-state index in [1.54, 1.807) is 66.7 Å². The molecule has 0 amide bonds. The molecule has 11 aromatic rings. The Labute approximate surface area is 398 Å². The molecule has 0 saturated carbocycles. The van der Waals surface area contributed by atoms with Crippen molar-refractivity contribution in [2.75, 3.05) is 0 Å². The fourth-order valence-corrected chi connectivity index (χ4v) is 9.08. The van der Waals surface area contributed by atoms with E-state index in [0.717, 1.165) is 72.8 Å². The number of pyridine rings is 1. The van der Waals surface area contributed by atoms with Gasteiger partial charge in [0, 0.05) is 55.6 Å². The number of alkyl halides is 12. The number of hydrogen-bond donors (Lipinski definition) is 0. The lowest BCUT2D eigenvalue weighted by Crippen LogP contribution is -2.06. The van der Waals surface area contributed by atoms with Gasteiger partial charge in [0.25, 0.3) is 0 Å². The van der Waals surface area contributed by atoms with Crippen molar-refractivity contribution in [3.8, 4) is 56.7 Å². The fraction of sp³-hybridized carbons (Fsp3) is 0.0741. The molecule has 0 aliphatic rings. The largest absolute Gasteiger partial charge is 0.416 e. The monoisotopic (exact) mass is 988 g/mol. The van der Waals surface area contributed by atoms with E-state index in [-0.39, 0.29) is 83.6 Å². The van der Waals surface area contributed by atoms with Crippen LogP contribution in [0.15, 0.2) is 170 Å². The zero-order valence-electron chi connectivity index (χ0n) is 36.4. The Morgan fingerprint density at radius 1 is 0.319 bits per heavy atom. The fourth-order valence-electron chi connectivity index (χ4n) is 9.08. The zero-order valence-corrected chi connectivity index (χ0v) is 36.4. The predicted molar refractivity (Wildman–Crippen MR) is 248 cm³/mol. The third-order valence-corrected chi connectivity index (χ3v) is 12.4. The number of aromatic nitrogens is 6. The average Bonchev–Trinajstić information content (AvgIpc) is 3.87. The van der Waals surface area contributed by atoms with Crippen LogP contribution in [0.2, 0.25) is 0 Å². The van der Waals surface area contributed by atoms with E-state index in [1.165, 1.54) is 27.6 Å². The highest BCUT2D eigenvalue weighted by Crippen LogP contribution is 2.46. The summed E-state index contributed by atoms with van der Waals surface area (Å²) >= 11 is 0. The first-order valence-corrected chi connectivity index (χ1v) is 21.6. The van der Waals surface area contributed by atoms with Crippen molar-refractivity contribution in [3.05, 3.63) is 192 Å². The first-order chi connectivity index (χ1) is 34.2. The second-order valence-electron chi connectivity index (χ2n) is 16.8. The van der Waals surface area contributed by atoms with Gasteiger partial charge in [-0.15, -0.1) is 0 Å². The van der Waals surface area contributed by atoms with Crippen LogP contribution in [0.5, 0.6) is 0 Å². The minimum absolute atomic E-state index is 0.0492. The minimum atomic E-state index is -4.89. The van der Waals surface area contributed by atoms with Crippen LogP contribution < -0.4 is 0 Å². The molecule has 0 spiro atoms. The molecule has 11 rings (SSSR count). The molecular formula is C54H28F12N6. The minimum Gasteiger partial charge on any atom is -0.309 e. The summed E-state index contributed by atoms with van der Waals surface area (Å²) in [7, 11) is 0. The number of fused-ring (bicyclic) bond motifs is 6. The Morgan fingerprint density at radius 3 is 1.04 bits per heavy atom. The maximum absolute atomic E-state index is 14.4. The van der Waals surface area contributed by atoms with Crippen molar-refractivity contribution >= 4 is 43.6 Å². The highest BCUT2D eigenvalue weighted by atomic mass is 19.4. The van der Waals surface area contributed by atoms with Gasteiger partial charge in [-0.3, -0.25) is 4.98 Å². The molecular weight excluding hydrogens is 961 g/mol. The number of hydrogen-bond acceptors (Lipinski definition) is 4. The van der Waals surface area contributed by atoms with Crippen molar-refractivity contribution in [2.45, 2.75) is 24.7 Å². The van der Waals surface area contributed by atoms with Gasteiger partial charge in [0.1, 0.15) is 0 Å². The molecule has 0 radical (unpaired) electrons. The Hall–Kier alpha value is -8.54. The number of rotatable bonds is 6. The van der Waals surface area contributed by atoms with Gasteiger partial charge in [0.05, 0.1) is 61.9 Å². The van der Waals surface area contributed by atoms with E-state index in [4.69, 9.17) is 15.0 Å². The van der Waals surface area contributed by atoms with Crippen LogP contribution >= 0.6 is 0 Å². The Kier molecular flexibility index (Phi) is 10.5. The molecule has 72 heavy (non-hydrogen) atoms. The van der Waals surface area contributed by atoms with Gasteiger partial charge in [-0.25, -0.2) is 15.0 Å². The van der Waals surface area contributed by atoms with Crippen LogP contribution in [0.25, 0.3) is 100 Å². The molecule has 0 saturated heterocycles. The summed E-state index contributed by atoms with van der Waals surface area (Å²) in [6.45, 7) is 0. The summed E-state index contributed by atoms with van der Waals surface area (Å²) < 4.78 is 175. The number of nitrogens with zero attached hydrogens (tertiary/aromatic N) is 6. The van der Waals surface area contributed by atoms with Crippen LogP contribution in [0.1, 0.15) is 22.3 Å². The summed E-state index contributed by atoms with van der Waals surface area (Å²) in [4.78, 5) is 18.8. The Bertz CT molecular complexity index is 3730. The van der Waals surface area contributed by atoms with E-state index in [1.807, 2.05) is 12.1 Å². The van der Waals surface area contributed by atoms with Crippen LogP contribution in [0.4, 0.5) is 52.7 Å². The molecule has 4 aromatic heterocycles. The van der Waals surface area contributed by atoms with Gasteiger partial charge in [0.15, 0.2) is 17.5 Å². The van der Waals surface area contributed by atoms with Crippen LogP contribution in [0.3, 0.4) is 0 Å². The summed E-state index contributed by atoms with van der Waals surface area (Å²) in [5.41, 5.74) is -1.91. The molecule has 4 heterocycles. The Morgan fingerprint density at radius 2 is 0.667 bits per heavy atom. The molecule has 358 valence electrons. The molecule has 7 aromatic carbocycles. The highest BCUT2D eigenvalue weighted by Gasteiger charge is 2.36. The van der Waals surface area contributed by atoms with Crippen LogP contribution in [0, 0.1) is 0 Å². The standard InChI is InChI=1S/C54H28F12N6/c55-51(56,57)32-12-17-42-38(24-32)39-25-33(52(58,59)60)13-18-43(39)71(42)46-23-31(50-69-48(29-7-3-1-4-8-29)68-49(70-50)30-9-5-2-6-10-30)11-16-36(46)37-21-22-67-28-47(37)72-44-19-14-34(53(61,62)63)26-40(44)41-27-35(54(64,65)66)15-20-45(41)72/h1-28H. The van der Waals surface area contributed by atoms with Crippen molar-refractivity contribution in [2.24, 2.45) is 0 Å². The van der Waals surface area contributed by atoms with Gasteiger partial charge in [-0.05, 0) is 84.9 Å². The lowest BCUT2D eigenvalue weighted by Gasteiger charge is -2.19. The maximum atomic E-state index is 14.4. The molecule has 0 atom stereocenters. The van der Waals surface area contributed by atoms with E-state index >= 15 is 0 Å². The summed E-state index contributed by atoms with van der Waals surface area (Å²) in [6.07, 6.45) is -16.8. The second kappa shape index (κ2) is 16.5. The van der Waals surface area contributed by atoms with Gasteiger partial charge in [0.2, 0.25) is 0 Å². The van der Waals surface area contributed by atoms with E-state index in [2.05, 4.69) is 4.98 Å². The van der Waals surface area contributed by atoms with Gasteiger partial charge >= 0.3 is 24.7 Å². The molecule has 0 unspecified atom stereocenters. The predicted octanol–water partition coefficient (Wildman–Crippen LogP) is 16.2. The SMILES string of the molecule is FC(F)(F)c1ccc2c(c1)c1cc(C(F)(F)F)ccc1n2-c1cnccc1-c1ccc(-c2nc(-c3ccccc3)nc(-c3ccccc3)n2)cc1-n1c2ccc(C(F)(F)F)cc2c2cc(C(F)(F)F)ccc21. The zero-order chi connectivity index (χ0) is 50.5. The van der Waals surface area contributed by atoms with Crippen LogP contribution in [-0.4, -0.2) is 29.1 Å². The maximum Gasteiger partial charge on any atom is 0.416 e. The molecule has 18 heteroatoms. The van der Waals surface area contributed by atoms with Crippen molar-refractivity contribution in [1.82, 2.24) is 29.1 Å². The molecule has 0 aliphatic heterocycles. The lowest BCUT2D eigenvalue weighted by molar-refractivity contribution is -0.138. The first kappa shape index (κ1) is 45.9. The van der Waals surface area contributed by atoms with E-state index in [9.17, 15) is 52.7 Å². The van der Waals surface area contributed by atoms with Crippen molar-refractivity contribution in [1.29, 1.82) is 0 Å². The van der Waals surface area contributed by atoms with Gasteiger partial charge in [-0.2, -0.15) is 52.7 Å².